The van der Waals surface area contributed by atoms with Gasteiger partial charge in [-0.2, -0.15) is 0 Å². The van der Waals surface area contributed by atoms with Crippen LogP contribution >= 0.6 is 0 Å². The number of nitrogens with zero attached hydrogens (tertiary/aromatic N) is 2. The van der Waals surface area contributed by atoms with Crippen molar-refractivity contribution in [3.8, 4) is 0 Å². The molecule has 2 aromatic heterocycles. The molecule has 3 rings (SSSR count). The second-order valence-corrected chi connectivity index (χ2v) is 4.91. The predicted molar refractivity (Wildman–Crippen MR) is 70.7 cm³/mol. The Bertz CT molecular complexity index is 600. The van der Waals surface area contributed by atoms with E-state index in [4.69, 9.17) is 4.74 Å². The third-order valence-corrected chi connectivity index (χ3v) is 3.55. The molecule has 1 saturated heterocycles. The first-order valence-electron chi connectivity index (χ1n) is 6.52. The van der Waals surface area contributed by atoms with Crippen molar-refractivity contribution >= 4 is 11.6 Å². The van der Waals surface area contributed by atoms with Gasteiger partial charge in [0.1, 0.15) is 5.65 Å². The number of ether oxygens (including phenoxy) is 1. The fraction of sp³-hybridized carbons (Fsp3) is 0.429. The molecule has 0 aliphatic carbocycles. The summed E-state index contributed by atoms with van der Waals surface area (Å²) in [5, 5.41) is 2.96. The molecule has 2 aromatic rings. The van der Waals surface area contributed by atoms with Gasteiger partial charge in [-0.05, 0) is 25.0 Å². The van der Waals surface area contributed by atoms with E-state index in [2.05, 4.69) is 10.3 Å². The molecule has 5 heteroatoms. The van der Waals surface area contributed by atoms with Crippen LogP contribution in [-0.2, 0) is 16.1 Å². The van der Waals surface area contributed by atoms with E-state index in [1.54, 1.807) is 0 Å². The highest BCUT2D eigenvalue weighted by Gasteiger charge is 2.23. The normalized spacial score (nSPS) is 18.9. The zero-order chi connectivity index (χ0) is 13.2. The molecular weight excluding hydrogens is 242 g/mol. The molecule has 5 nitrogen and oxygen atoms in total. The average molecular weight is 259 g/mol. The summed E-state index contributed by atoms with van der Waals surface area (Å²) in [6, 6.07) is 4.01. The third kappa shape index (κ3) is 2.33. The summed E-state index contributed by atoms with van der Waals surface area (Å²) in [5.41, 5.74) is 3.06. The highest BCUT2D eigenvalue weighted by molar-refractivity contribution is 5.78. The minimum Gasteiger partial charge on any atom is -0.381 e. The van der Waals surface area contributed by atoms with Crippen molar-refractivity contribution in [3.63, 3.8) is 0 Å². The number of hydrogen-bond acceptors (Lipinski definition) is 3. The van der Waals surface area contributed by atoms with Crippen LogP contribution in [0.1, 0.15) is 17.7 Å². The molecule has 1 aliphatic heterocycles. The molecule has 100 valence electrons. The monoisotopic (exact) mass is 259 g/mol. The van der Waals surface area contributed by atoms with Gasteiger partial charge >= 0.3 is 0 Å². The molecule has 1 unspecified atom stereocenters. The van der Waals surface area contributed by atoms with Crippen molar-refractivity contribution in [2.45, 2.75) is 19.9 Å². The van der Waals surface area contributed by atoms with E-state index >= 15 is 0 Å². The lowest BCUT2D eigenvalue weighted by Gasteiger charge is -2.09. The first-order chi connectivity index (χ1) is 9.25. The number of rotatable bonds is 3. The SMILES string of the molecule is Cc1cccn2c(CNC(=O)C3CCOC3)cnc12. The molecule has 0 saturated carbocycles. The second-order valence-electron chi connectivity index (χ2n) is 4.91. The van der Waals surface area contributed by atoms with Crippen LogP contribution in [-0.4, -0.2) is 28.5 Å². The van der Waals surface area contributed by atoms with Crippen molar-refractivity contribution in [3.05, 3.63) is 35.8 Å². The van der Waals surface area contributed by atoms with Gasteiger partial charge in [-0.25, -0.2) is 4.98 Å². The highest BCUT2D eigenvalue weighted by Crippen LogP contribution is 2.13. The summed E-state index contributed by atoms with van der Waals surface area (Å²) in [4.78, 5) is 16.3. The van der Waals surface area contributed by atoms with Crippen LogP contribution in [0.2, 0.25) is 0 Å². The number of carbonyl (C=O) groups is 1. The van der Waals surface area contributed by atoms with E-state index in [1.165, 1.54) is 0 Å². The van der Waals surface area contributed by atoms with Crippen LogP contribution in [0.25, 0.3) is 5.65 Å². The van der Waals surface area contributed by atoms with Crippen LogP contribution in [0.4, 0.5) is 0 Å². The van der Waals surface area contributed by atoms with E-state index in [9.17, 15) is 4.79 Å². The standard InChI is InChI=1S/C14H17N3O2/c1-10-3-2-5-17-12(7-15-13(10)17)8-16-14(18)11-4-6-19-9-11/h2-3,5,7,11H,4,6,8-9H2,1H3,(H,16,18). The van der Waals surface area contributed by atoms with E-state index in [0.29, 0.717) is 19.8 Å². The summed E-state index contributed by atoms with van der Waals surface area (Å²) in [7, 11) is 0. The van der Waals surface area contributed by atoms with Gasteiger partial charge in [0.05, 0.1) is 31.0 Å². The number of fused-ring (bicyclic) bond motifs is 1. The highest BCUT2D eigenvalue weighted by atomic mass is 16.5. The topological polar surface area (TPSA) is 55.6 Å². The van der Waals surface area contributed by atoms with Crippen molar-refractivity contribution in [2.24, 2.45) is 5.92 Å². The summed E-state index contributed by atoms with van der Waals surface area (Å²) < 4.78 is 7.24. The minimum atomic E-state index is 0.000853. The van der Waals surface area contributed by atoms with Crippen LogP contribution in [0, 0.1) is 12.8 Å². The lowest BCUT2D eigenvalue weighted by atomic mass is 10.1. The maximum absolute atomic E-state index is 11.9. The number of aromatic nitrogens is 2. The molecular formula is C14H17N3O2. The third-order valence-electron chi connectivity index (χ3n) is 3.55. The number of hydrogen-bond donors (Lipinski definition) is 1. The Morgan fingerprint density at radius 1 is 1.63 bits per heavy atom. The van der Waals surface area contributed by atoms with Crippen molar-refractivity contribution < 1.29 is 9.53 Å². The molecule has 1 aliphatic rings. The molecule has 1 amide bonds. The van der Waals surface area contributed by atoms with Crippen LogP contribution < -0.4 is 5.32 Å². The molecule has 0 radical (unpaired) electrons. The van der Waals surface area contributed by atoms with Crippen LogP contribution in [0.3, 0.4) is 0 Å². The number of pyridine rings is 1. The van der Waals surface area contributed by atoms with Gasteiger partial charge in [0, 0.05) is 12.8 Å². The zero-order valence-corrected chi connectivity index (χ0v) is 10.9. The lowest BCUT2D eigenvalue weighted by molar-refractivity contribution is -0.125. The first kappa shape index (κ1) is 12.2. The number of amides is 1. The maximum atomic E-state index is 11.9. The van der Waals surface area contributed by atoms with Crippen LogP contribution in [0.5, 0.6) is 0 Å². The molecule has 3 heterocycles. The van der Waals surface area contributed by atoms with Gasteiger partial charge in [0.15, 0.2) is 0 Å². The second kappa shape index (κ2) is 5.01. The van der Waals surface area contributed by atoms with Gasteiger partial charge in [0.2, 0.25) is 5.91 Å². The van der Waals surface area contributed by atoms with E-state index < -0.39 is 0 Å². The molecule has 19 heavy (non-hydrogen) atoms. The van der Waals surface area contributed by atoms with Crippen molar-refractivity contribution in [1.82, 2.24) is 14.7 Å². The number of imidazole rings is 1. The van der Waals surface area contributed by atoms with E-state index in [-0.39, 0.29) is 11.8 Å². The zero-order valence-electron chi connectivity index (χ0n) is 10.9. The largest absolute Gasteiger partial charge is 0.381 e. The van der Waals surface area contributed by atoms with E-state index in [0.717, 1.165) is 23.3 Å². The van der Waals surface area contributed by atoms with Crippen LogP contribution in [0.15, 0.2) is 24.5 Å². The smallest absolute Gasteiger partial charge is 0.225 e. The Balaban J connectivity index is 1.71. The van der Waals surface area contributed by atoms with Crippen molar-refractivity contribution in [2.75, 3.05) is 13.2 Å². The Morgan fingerprint density at radius 3 is 3.32 bits per heavy atom. The Hall–Kier alpha value is -1.88. The number of aryl methyl sites for hydroxylation is 1. The molecule has 1 fully saturated rings. The quantitative estimate of drug-likeness (QED) is 0.903. The van der Waals surface area contributed by atoms with Gasteiger partial charge < -0.3 is 14.5 Å². The summed E-state index contributed by atoms with van der Waals surface area (Å²) in [5.74, 6) is 0.0704. The molecule has 0 spiro atoms. The number of nitrogens with one attached hydrogen (secondary N) is 1. The molecule has 1 atom stereocenters. The fourth-order valence-electron chi connectivity index (χ4n) is 2.40. The molecule has 0 bridgehead atoms. The Labute approximate surface area is 111 Å². The average Bonchev–Trinajstić information content (AvgIpc) is 3.06. The van der Waals surface area contributed by atoms with Gasteiger partial charge in [0.25, 0.3) is 0 Å². The first-order valence-corrected chi connectivity index (χ1v) is 6.52. The van der Waals surface area contributed by atoms with Gasteiger partial charge in [-0.15, -0.1) is 0 Å². The fourth-order valence-corrected chi connectivity index (χ4v) is 2.40. The maximum Gasteiger partial charge on any atom is 0.225 e. The predicted octanol–water partition coefficient (Wildman–Crippen LogP) is 1.30. The van der Waals surface area contributed by atoms with Gasteiger partial charge in [-0.1, -0.05) is 6.07 Å². The molecule has 0 aromatic carbocycles. The summed E-state index contributed by atoms with van der Waals surface area (Å²) in [6.07, 6.45) is 4.60. The molecule has 1 N–H and O–H groups in total. The Morgan fingerprint density at radius 2 is 2.53 bits per heavy atom. The summed E-state index contributed by atoms with van der Waals surface area (Å²) in [6.45, 7) is 3.76. The number of carbonyl (C=O) groups excluding carboxylic acids is 1. The van der Waals surface area contributed by atoms with E-state index in [1.807, 2.05) is 35.9 Å². The lowest BCUT2D eigenvalue weighted by Crippen LogP contribution is -2.30. The Kier molecular flexibility index (Phi) is 3.21. The summed E-state index contributed by atoms with van der Waals surface area (Å²) >= 11 is 0. The van der Waals surface area contributed by atoms with Gasteiger partial charge in [-0.3, -0.25) is 4.79 Å². The van der Waals surface area contributed by atoms with Crippen molar-refractivity contribution in [1.29, 1.82) is 0 Å². The minimum absolute atomic E-state index is 0.000853.